The molecule has 1 atom stereocenters. The highest BCUT2D eigenvalue weighted by Crippen LogP contribution is 2.49. The molecule has 1 unspecified atom stereocenters. The number of aryl methyl sites for hydroxylation is 1. The van der Waals surface area contributed by atoms with Gasteiger partial charge in [0.15, 0.2) is 5.78 Å². The summed E-state index contributed by atoms with van der Waals surface area (Å²) < 4.78 is 11.0. The summed E-state index contributed by atoms with van der Waals surface area (Å²) in [6, 6.07) is 4.01. The Morgan fingerprint density at radius 3 is 2.69 bits per heavy atom. The summed E-state index contributed by atoms with van der Waals surface area (Å²) in [6.07, 6.45) is 1.94. The van der Waals surface area contributed by atoms with E-state index < -0.39 is 11.9 Å². The molecule has 3 rings (SSSR count). The molecule has 0 aromatic carbocycles. The third-order valence-corrected chi connectivity index (χ3v) is 6.06. The second-order valence-electron chi connectivity index (χ2n) is 7.47. The van der Waals surface area contributed by atoms with Crippen molar-refractivity contribution >= 4 is 23.1 Å². The number of carbonyl (C=O) groups is 2. The molecular weight excluding hydrogens is 350 g/mol. The molecule has 0 bridgehead atoms. The summed E-state index contributed by atoms with van der Waals surface area (Å²) in [4.78, 5) is 27.7. The van der Waals surface area contributed by atoms with Crippen molar-refractivity contribution in [1.29, 1.82) is 0 Å². The van der Waals surface area contributed by atoms with Crippen molar-refractivity contribution in [2.24, 2.45) is 11.1 Å². The van der Waals surface area contributed by atoms with E-state index in [4.69, 9.17) is 15.2 Å². The van der Waals surface area contributed by atoms with Gasteiger partial charge in [0.25, 0.3) is 0 Å². The molecule has 0 saturated heterocycles. The van der Waals surface area contributed by atoms with Crippen LogP contribution in [-0.4, -0.2) is 18.4 Å². The number of esters is 1. The molecule has 1 aliphatic carbocycles. The summed E-state index contributed by atoms with van der Waals surface area (Å²) in [5, 5.41) is 0. The lowest BCUT2D eigenvalue weighted by Gasteiger charge is -2.37. The number of hydrogen-bond acceptors (Lipinski definition) is 6. The van der Waals surface area contributed by atoms with E-state index >= 15 is 0 Å². The Hall–Kier alpha value is -2.08. The largest absolute Gasteiger partial charge is 0.462 e. The van der Waals surface area contributed by atoms with E-state index in [1.165, 1.54) is 4.88 Å². The van der Waals surface area contributed by atoms with Gasteiger partial charge in [0.1, 0.15) is 11.3 Å². The molecule has 1 aromatic heterocycles. The first kappa shape index (κ1) is 18.7. The van der Waals surface area contributed by atoms with E-state index in [1.807, 2.05) is 26.0 Å². The van der Waals surface area contributed by atoms with Crippen LogP contribution >= 0.6 is 11.3 Å². The van der Waals surface area contributed by atoms with Gasteiger partial charge >= 0.3 is 5.97 Å². The SMILES string of the molecule is CCOC(=O)C1=C(N)OC2=C(C(=O)CC(C)(C)C2)C1c1ccc(CC)s1. The fourth-order valence-electron chi connectivity index (χ4n) is 3.62. The minimum Gasteiger partial charge on any atom is -0.462 e. The molecule has 2 heterocycles. The minimum atomic E-state index is -0.523. The van der Waals surface area contributed by atoms with Crippen LogP contribution in [0.15, 0.2) is 34.9 Å². The van der Waals surface area contributed by atoms with E-state index in [-0.39, 0.29) is 29.3 Å². The second-order valence-corrected chi connectivity index (χ2v) is 8.67. The maximum atomic E-state index is 13.0. The van der Waals surface area contributed by atoms with Gasteiger partial charge in [-0.2, -0.15) is 0 Å². The number of carbonyl (C=O) groups excluding carboxylic acids is 2. The molecule has 140 valence electrons. The van der Waals surface area contributed by atoms with Gasteiger partial charge in [0, 0.05) is 28.2 Å². The van der Waals surface area contributed by atoms with Crippen molar-refractivity contribution in [3.8, 4) is 0 Å². The summed E-state index contributed by atoms with van der Waals surface area (Å²) in [5.74, 6) is -0.378. The van der Waals surface area contributed by atoms with Crippen LogP contribution in [0.25, 0.3) is 0 Å². The molecule has 2 N–H and O–H groups in total. The van der Waals surface area contributed by atoms with E-state index in [1.54, 1.807) is 18.3 Å². The maximum Gasteiger partial charge on any atom is 0.340 e. The number of Topliss-reactive ketones (excluding diaryl/α,β-unsaturated/α-hetero) is 1. The van der Waals surface area contributed by atoms with Crippen molar-refractivity contribution in [2.75, 3.05) is 6.61 Å². The smallest absolute Gasteiger partial charge is 0.340 e. The lowest BCUT2D eigenvalue weighted by atomic mass is 9.71. The van der Waals surface area contributed by atoms with Crippen LogP contribution in [0.3, 0.4) is 0 Å². The number of allylic oxidation sites excluding steroid dienone is 2. The summed E-state index contributed by atoms with van der Waals surface area (Å²) in [7, 11) is 0. The van der Waals surface area contributed by atoms with Crippen LogP contribution in [0.4, 0.5) is 0 Å². The van der Waals surface area contributed by atoms with Crippen molar-refractivity contribution in [3.05, 3.63) is 44.7 Å². The van der Waals surface area contributed by atoms with Gasteiger partial charge in [0.2, 0.25) is 5.88 Å². The Bertz CT molecular complexity index is 816. The van der Waals surface area contributed by atoms with Crippen molar-refractivity contribution < 1.29 is 19.1 Å². The van der Waals surface area contributed by atoms with Gasteiger partial charge in [0.05, 0.1) is 12.5 Å². The third kappa shape index (κ3) is 3.30. The highest BCUT2D eigenvalue weighted by atomic mass is 32.1. The lowest BCUT2D eigenvalue weighted by molar-refractivity contribution is -0.139. The van der Waals surface area contributed by atoms with Crippen LogP contribution in [0.1, 0.15) is 56.2 Å². The highest BCUT2D eigenvalue weighted by molar-refractivity contribution is 7.12. The maximum absolute atomic E-state index is 13.0. The number of rotatable bonds is 4. The predicted molar refractivity (Wildman–Crippen MR) is 100 cm³/mol. The van der Waals surface area contributed by atoms with Crippen molar-refractivity contribution in [3.63, 3.8) is 0 Å². The molecule has 5 nitrogen and oxygen atoms in total. The molecule has 0 saturated carbocycles. The summed E-state index contributed by atoms with van der Waals surface area (Å²) in [6.45, 7) is 8.13. The summed E-state index contributed by atoms with van der Waals surface area (Å²) >= 11 is 1.60. The molecule has 0 spiro atoms. The van der Waals surface area contributed by atoms with Gasteiger partial charge < -0.3 is 15.2 Å². The molecule has 0 amide bonds. The molecule has 0 radical (unpaired) electrons. The zero-order valence-corrected chi connectivity index (χ0v) is 16.5. The van der Waals surface area contributed by atoms with E-state index in [2.05, 4.69) is 6.92 Å². The van der Waals surface area contributed by atoms with E-state index in [0.717, 1.165) is 11.3 Å². The van der Waals surface area contributed by atoms with Crippen LogP contribution < -0.4 is 5.73 Å². The number of ketones is 1. The Morgan fingerprint density at radius 2 is 2.08 bits per heavy atom. The fourth-order valence-corrected chi connectivity index (χ4v) is 4.69. The highest BCUT2D eigenvalue weighted by Gasteiger charge is 2.45. The number of nitrogens with two attached hydrogens (primary N) is 1. The first-order chi connectivity index (χ1) is 12.3. The Balaban J connectivity index is 2.15. The van der Waals surface area contributed by atoms with Gasteiger partial charge in [-0.3, -0.25) is 4.79 Å². The molecular formula is C20H25NO4S. The molecule has 26 heavy (non-hydrogen) atoms. The van der Waals surface area contributed by atoms with Crippen molar-refractivity contribution in [1.82, 2.24) is 0 Å². The molecule has 1 aliphatic heterocycles. The van der Waals surface area contributed by atoms with E-state index in [9.17, 15) is 9.59 Å². The minimum absolute atomic E-state index is 0.0157. The molecule has 1 aromatic rings. The Morgan fingerprint density at radius 1 is 1.35 bits per heavy atom. The average Bonchev–Trinajstić information content (AvgIpc) is 3.01. The Kier molecular flexibility index (Phi) is 4.97. The van der Waals surface area contributed by atoms with Crippen LogP contribution in [0.2, 0.25) is 0 Å². The third-order valence-electron chi connectivity index (χ3n) is 4.77. The molecule has 2 aliphatic rings. The van der Waals surface area contributed by atoms with Crippen LogP contribution in [0.5, 0.6) is 0 Å². The Labute approximate surface area is 157 Å². The first-order valence-corrected chi connectivity index (χ1v) is 9.78. The van der Waals surface area contributed by atoms with Gasteiger partial charge in [-0.15, -0.1) is 11.3 Å². The van der Waals surface area contributed by atoms with Crippen molar-refractivity contribution in [2.45, 2.75) is 52.9 Å². The first-order valence-electron chi connectivity index (χ1n) is 8.96. The normalized spacial score (nSPS) is 22.2. The van der Waals surface area contributed by atoms with Gasteiger partial charge in [-0.1, -0.05) is 20.8 Å². The van der Waals surface area contributed by atoms with Gasteiger partial charge in [-0.25, -0.2) is 4.79 Å². The number of hydrogen-bond donors (Lipinski definition) is 1. The van der Waals surface area contributed by atoms with Crippen LogP contribution in [0, 0.1) is 5.41 Å². The topological polar surface area (TPSA) is 78.6 Å². The summed E-state index contributed by atoms with van der Waals surface area (Å²) in [5.41, 5.74) is 6.75. The second kappa shape index (κ2) is 6.91. The van der Waals surface area contributed by atoms with Gasteiger partial charge in [-0.05, 0) is 30.9 Å². The average molecular weight is 375 g/mol. The molecule has 0 fully saturated rings. The predicted octanol–water partition coefficient (Wildman–Crippen LogP) is 3.80. The van der Waals surface area contributed by atoms with E-state index in [0.29, 0.717) is 24.2 Å². The fraction of sp³-hybridized carbons (Fsp3) is 0.500. The monoisotopic (exact) mass is 375 g/mol. The molecule has 6 heteroatoms. The zero-order chi connectivity index (χ0) is 19.1. The zero-order valence-electron chi connectivity index (χ0n) is 15.7. The lowest BCUT2D eigenvalue weighted by Crippen LogP contribution is -2.35. The number of ether oxygens (including phenoxy) is 2. The van der Waals surface area contributed by atoms with Crippen LogP contribution in [-0.2, 0) is 25.5 Å². The number of thiophene rings is 1. The quantitative estimate of drug-likeness (QED) is 0.810. The standard InChI is InChI=1S/C20H25NO4S/c1-5-11-7-8-14(26-11)16-15-12(22)9-20(3,4)10-13(15)25-18(21)17(16)19(23)24-6-2/h7-8,16H,5-6,9-10,21H2,1-4H3.